The van der Waals surface area contributed by atoms with Crippen molar-refractivity contribution < 1.29 is 18.9 Å². The molecule has 0 unspecified atom stereocenters. The molecule has 1 aromatic rings. The maximum absolute atomic E-state index is 12.8. The van der Waals surface area contributed by atoms with Gasteiger partial charge in [0.05, 0.1) is 33.2 Å². The number of rotatable bonds is 4. The summed E-state index contributed by atoms with van der Waals surface area (Å²) in [6, 6.07) is 5.44. The maximum Gasteiger partial charge on any atom is 0.223 e. The van der Waals surface area contributed by atoms with Crippen molar-refractivity contribution >= 4 is 11.7 Å². The van der Waals surface area contributed by atoms with Crippen LogP contribution in [-0.2, 0) is 4.79 Å². The van der Waals surface area contributed by atoms with E-state index in [-0.39, 0.29) is 30.3 Å². The molecule has 1 fully saturated rings. The van der Waals surface area contributed by atoms with E-state index in [0.29, 0.717) is 5.56 Å². The van der Waals surface area contributed by atoms with Gasteiger partial charge in [0.1, 0.15) is 5.82 Å². The number of piperazine rings is 1. The Hall–Kier alpha value is -1.75. The number of likely N-dealkylation sites (N-methyl/N-ethyl adjacent to an activating group) is 1. The van der Waals surface area contributed by atoms with Crippen molar-refractivity contribution in [3.63, 3.8) is 0 Å². The third kappa shape index (κ3) is 3.87. The first-order valence-electron chi connectivity index (χ1n) is 6.94. The first kappa shape index (κ1) is 14.7. The van der Waals surface area contributed by atoms with Gasteiger partial charge in [-0.05, 0) is 24.3 Å². The molecule has 108 valence electrons. The number of nitrogens with one attached hydrogen (secondary N) is 1. The molecular formula is C15H20FN2O2+. The summed E-state index contributed by atoms with van der Waals surface area (Å²) in [6.45, 7) is 3.43. The summed E-state index contributed by atoms with van der Waals surface area (Å²) in [5.74, 6) is -0.441. The van der Waals surface area contributed by atoms with Gasteiger partial charge in [0.25, 0.3) is 0 Å². The van der Waals surface area contributed by atoms with Crippen molar-refractivity contribution in [2.75, 3.05) is 33.2 Å². The molecule has 1 saturated heterocycles. The molecule has 4 nitrogen and oxygen atoms in total. The van der Waals surface area contributed by atoms with Crippen LogP contribution < -0.4 is 4.90 Å². The zero-order chi connectivity index (χ0) is 14.5. The summed E-state index contributed by atoms with van der Waals surface area (Å²) < 4.78 is 12.8. The molecule has 5 heteroatoms. The lowest BCUT2D eigenvalue weighted by atomic mass is 10.1. The summed E-state index contributed by atoms with van der Waals surface area (Å²) in [4.78, 5) is 27.1. The van der Waals surface area contributed by atoms with Crippen LogP contribution in [0.4, 0.5) is 4.39 Å². The minimum Gasteiger partial charge on any atom is -0.334 e. The first-order chi connectivity index (χ1) is 9.56. The fourth-order valence-corrected chi connectivity index (χ4v) is 2.30. The van der Waals surface area contributed by atoms with Gasteiger partial charge in [0, 0.05) is 18.4 Å². The van der Waals surface area contributed by atoms with Crippen LogP contribution in [0.3, 0.4) is 0 Å². The fraction of sp³-hybridized carbons (Fsp3) is 0.467. The van der Waals surface area contributed by atoms with Gasteiger partial charge in [-0.3, -0.25) is 9.59 Å². The van der Waals surface area contributed by atoms with E-state index >= 15 is 0 Å². The number of hydrogen-bond donors (Lipinski definition) is 1. The summed E-state index contributed by atoms with van der Waals surface area (Å²) in [5, 5.41) is 0. The van der Waals surface area contributed by atoms with E-state index in [0.717, 1.165) is 26.2 Å². The molecule has 0 atom stereocenters. The van der Waals surface area contributed by atoms with Gasteiger partial charge < -0.3 is 9.80 Å². The maximum atomic E-state index is 12.8. The lowest BCUT2D eigenvalue weighted by Crippen LogP contribution is -3.12. The van der Waals surface area contributed by atoms with Gasteiger partial charge in [0.15, 0.2) is 5.78 Å². The Morgan fingerprint density at radius 1 is 1.15 bits per heavy atom. The molecule has 1 amide bonds. The van der Waals surface area contributed by atoms with Crippen LogP contribution in [-0.4, -0.2) is 49.8 Å². The molecular weight excluding hydrogens is 259 g/mol. The lowest BCUT2D eigenvalue weighted by Gasteiger charge is -2.30. The van der Waals surface area contributed by atoms with Crippen molar-refractivity contribution in [1.29, 1.82) is 0 Å². The number of Topliss-reactive ketones (excluding diaryl/α,β-unsaturated/α-hetero) is 1. The molecule has 0 aliphatic carbocycles. The van der Waals surface area contributed by atoms with Crippen LogP contribution in [0.15, 0.2) is 24.3 Å². The highest BCUT2D eigenvalue weighted by molar-refractivity contribution is 5.97. The molecule has 0 aromatic heterocycles. The summed E-state index contributed by atoms with van der Waals surface area (Å²) in [5.41, 5.74) is 0.460. The van der Waals surface area contributed by atoms with E-state index in [4.69, 9.17) is 0 Å². The van der Waals surface area contributed by atoms with Gasteiger partial charge in [-0.25, -0.2) is 4.39 Å². The standard InChI is InChI=1S/C15H19FN2O2/c1-17-8-10-18(11-9-17)15(20)7-6-14(19)12-2-4-13(16)5-3-12/h2-5H,6-11H2,1H3/p+1. The van der Waals surface area contributed by atoms with Crippen molar-refractivity contribution in [2.45, 2.75) is 12.8 Å². The quantitative estimate of drug-likeness (QED) is 0.797. The van der Waals surface area contributed by atoms with Gasteiger partial charge in [-0.2, -0.15) is 0 Å². The predicted molar refractivity (Wildman–Crippen MR) is 73.2 cm³/mol. The van der Waals surface area contributed by atoms with E-state index in [1.54, 1.807) is 0 Å². The van der Waals surface area contributed by atoms with Crippen molar-refractivity contribution in [2.24, 2.45) is 0 Å². The van der Waals surface area contributed by atoms with Crippen LogP contribution in [0.2, 0.25) is 0 Å². The third-order valence-electron chi connectivity index (χ3n) is 3.70. The molecule has 20 heavy (non-hydrogen) atoms. The summed E-state index contributed by atoms with van der Waals surface area (Å²) in [7, 11) is 2.11. The Morgan fingerprint density at radius 2 is 1.75 bits per heavy atom. The second-order valence-corrected chi connectivity index (χ2v) is 5.27. The minimum atomic E-state index is -0.363. The fourth-order valence-electron chi connectivity index (χ4n) is 2.30. The largest absolute Gasteiger partial charge is 0.334 e. The minimum absolute atomic E-state index is 0.0351. The second-order valence-electron chi connectivity index (χ2n) is 5.27. The average molecular weight is 279 g/mol. The van der Waals surface area contributed by atoms with Gasteiger partial charge in [0.2, 0.25) is 5.91 Å². The highest BCUT2D eigenvalue weighted by Gasteiger charge is 2.21. The number of nitrogens with zero attached hydrogens (tertiary/aromatic N) is 1. The number of benzene rings is 1. The molecule has 1 N–H and O–H groups in total. The Kier molecular flexibility index (Phi) is 4.84. The van der Waals surface area contributed by atoms with Gasteiger partial charge in [-0.1, -0.05) is 0 Å². The monoisotopic (exact) mass is 279 g/mol. The number of amides is 1. The molecule has 0 spiro atoms. The van der Waals surface area contributed by atoms with E-state index in [1.807, 2.05) is 4.90 Å². The normalized spacial score (nSPS) is 16.2. The smallest absolute Gasteiger partial charge is 0.223 e. The third-order valence-corrected chi connectivity index (χ3v) is 3.70. The van der Waals surface area contributed by atoms with E-state index < -0.39 is 0 Å². The second kappa shape index (κ2) is 6.61. The Bertz CT molecular complexity index is 479. The average Bonchev–Trinajstić information content (AvgIpc) is 2.46. The Labute approximate surface area is 118 Å². The Balaban J connectivity index is 1.81. The van der Waals surface area contributed by atoms with Crippen LogP contribution in [0.5, 0.6) is 0 Å². The SMILES string of the molecule is C[NH+]1CCN(C(=O)CCC(=O)c2ccc(F)cc2)CC1. The van der Waals surface area contributed by atoms with Crippen LogP contribution >= 0.6 is 0 Å². The first-order valence-corrected chi connectivity index (χ1v) is 6.94. The van der Waals surface area contributed by atoms with E-state index in [2.05, 4.69) is 7.05 Å². The highest BCUT2D eigenvalue weighted by atomic mass is 19.1. The molecule has 1 aliphatic rings. The van der Waals surface area contributed by atoms with E-state index in [9.17, 15) is 14.0 Å². The lowest BCUT2D eigenvalue weighted by molar-refractivity contribution is -0.883. The van der Waals surface area contributed by atoms with Gasteiger partial charge >= 0.3 is 0 Å². The van der Waals surface area contributed by atoms with Crippen molar-refractivity contribution in [3.05, 3.63) is 35.6 Å². The zero-order valence-corrected chi connectivity index (χ0v) is 11.7. The molecule has 1 aliphatic heterocycles. The van der Waals surface area contributed by atoms with Crippen LogP contribution in [0.1, 0.15) is 23.2 Å². The van der Waals surface area contributed by atoms with Crippen molar-refractivity contribution in [1.82, 2.24) is 4.90 Å². The molecule has 2 rings (SSSR count). The van der Waals surface area contributed by atoms with Crippen molar-refractivity contribution in [3.8, 4) is 0 Å². The summed E-state index contributed by atoms with van der Waals surface area (Å²) in [6.07, 6.45) is 0.416. The number of quaternary nitrogens is 1. The number of carbonyl (C=O) groups excluding carboxylic acids is 2. The predicted octanol–water partition coefficient (Wildman–Crippen LogP) is 0.146. The van der Waals surface area contributed by atoms with Crippen LogP contribution in [0, 0.1) is 5.82 Å². The highest BCUT2D eigenvalue weighted by Crippen LogP contribution is 2.08. The van der Waals surface area contributed by atoms with Crippen LogP contribution in [0.25, 0.3) is 0 Å². The molecule has 1 heterocycles. The van der Waals surface area contributed by atoms with E-state index in [1.165, 1.54) is 29.2 Å². The molecule has 0 bridgehead atoms. The Morgan fingerprint density at radius 3 is 2.35 bits per heavy atom. The molecule has 0 saturated carbocycles. The molecule has 0 radical (unpaired) electrons. The number of hydrogen-bond acceptors (Lipinski definition) is 2. The number of carbonyl (C=O) groups is 2. The number of ketones is 1. The topological polar surface area (TPSA) is 41.8 Å². The molecule has 1 aromatic carbocycles. The zero-order valence-electron chi connectivity index (χ0n) is 11.7. The van der Waals surface area contributed by atoms with Gasteiger partial charge in [-0.15, -0.1) is 0 Å². The number of halogens is 1. The summed E-state index contributed by atoms with van der Waals surface area (Å²) >= 11 is 0.